The second-order valence-electron chi connectivity index (χ2n) is 7.24. The van der Waals surface area contributed by atoms with Crippen LogP contribution < -0.4 is 5.73 Å². The lowest BCUT2D eigenvalue weighted by atomic mass is 10.0. The summed E-state index contributed by atoms with van der Waals surface area (Å²) < 4.78 is 6.02. The van der Waals surface area contributed by atoms with Crippen LogP contribution in [0.4, 0.5) is 0 Å². The van der Waals surface area contributed by atoms with Gasteiger partial charge in [0.05, 0.1) is 18.8 Å². The lowest BCUT2D eigenvalue weighted by molar-refractivity contribution is -0.135. The van der Waals surface area contributed by atoms with E-state index >= 15 is 0 Å². The van der Waals surface area contributed by atoms with Crippen LogP contribution in [0.3, 0.4) is 0 Å². The van der Waals surface area contributed by atoms with E-state index in [1.54, 1.807) is 0 Å². The lowest BCUT2D eigenvalue weighted by Gasteiger charge is -2.33. The van der Waals surface area contributed by atoms with Gasteiger partial charge in [0.1, 0.15) is 0 Å². The predicted octanol–water partition coefficient (Wildman–Crippen LogP) is 1.66. The van der Waals surface area contributed by atoms with Gasteiger partial charge in [-0.25, -0.2) is 0 Å². The molecular weight excluding hydrogens is 314 g/mol. The number of hydrogen-bond acceptors (Lipinski definition) is 4. The number of rotatable bonds is 7. The van der Waals surface area contributed by atoms with Crippen LogP contribution in [0.2, 0.25) is 0 Å². The van der Waals surface area contributed by atoms with E-state index in [1.807, 2.05) is 35.2 Å². The number of nitrogens with two attached hydrogens (primary N) is 1. The number of nitrogens with zero attached hydrogens (tertiary/aromatic N) is 2. The van der Waals surface area contributed by atoms with Crippen LogP contribution in [-0.2, 0) is 16.0 Å². The van der Waals surface area contributed by atoms with Crippen molar-refractivity contribution < 1.29 is 9.53 Å². The molecule has 2 aliphatic heterocycles. The van der Waals surface area contributed by atoms with Gasteiger partial charge in [-0.3, -0.25) is 4.79 Å². The van der Waals surface area contributed by atoms with Crippen molar-refractivity contribution in [2.75, 3.05) is 39.3 Å². The van der Waals surface area contributed by atoms with Gasteiger partial charge in [0.25, 0.3) is 0 Å². The second kappa shape index (κ2) is 9.32. The zero-order valence-corrected chi connectivity index (χ0v) is 15.1. The molecule has 1 aromatic carbocycles. The Morgan fingerprint density at radius 3 is 2.48 bits per heavy atom. The van der Waals surface area contributed by atoms with Gasteiger partial charge in [-0.2, -0.15) is 0 Å². The minimum absolute atomic E-state index is 0.0689. The van der Waals surface area contributed by atoms with Crippen LogP contribution in [0, 0.1) is 0 Å². The summed E-state index contributed by atoms with van der Waals surface area (Å²) in [6.07, 6.45) is 5.38. The summed E-state index contributed by atoms with van der Waals surface area (Å²) in [5.74, 6) is 0.0689. The fraction of sp³-hybridized carbons (Fsp3) is 0.650. The van der Waals surface area contributed by atoms with Crippen molar-refractivity contribution in [1.82, 2.24) is 9.80 Å². The summed E-state index contributed by atoms with van der Waals surface area (Å²) in [6, 6.07) is 9.54. The maximum Gasteiger partial charge on any atom is 0.239 e. The van der Waals surface area contributed by atoms with Crippen molar-refractivity contribution in [1.29, 1.82) is 0 Å². The standard InChI is InChI=1S/C20H31N3O2/c21-19(16-17-6-2-1-3-7-17)20(24)23-12-8-18(9-13-23)25-15-14-22-10-4-5-11-22/h1-3,6-7,18-19H,4-5,8-16,21H2. The van der Waals surface area contributed by atoms with Crippen molar-refractivity contribution in [3.63, 3.8) is 0 Å². The first kappa shape index (κ1) is 18.4. The van der Waals surface area contributed by atoms with Gasteiger partial charge < -0.3 is 20.3 Å². The number of likely N-dealkylation sites (tertiary alicyclic amines) is 2. The molecular formula is C20H31N3O2. The van der Waals surface area contributed by atoms with Crippen molar-refractivity contribution in [3.8, 4) is 0 Å². The first-order valence-corrected chi connectivity index (χ1v) is 9.64. The monoisotopic (exact) mass is 345 g/mol. The molecule has 2 saturated heterocycles. The van der Waals surface area contributed by atoms with E-state index in [-0.39, 0.29) is 12.0 Å². The number of benzene rings is 1. The van der Waals surface area contributed by atoms with Gasteiger partial charge in [-0.05, 0) is 50.8 Å². The summed E-state index contributed by atoms with van der Waals surface area (Å²) in [5.41, 5.74) is 7.25. The van der Waals surface area contributed by atoms with Gasteiger partial charge in [-0.1, -0.05) is 30.3 Å². The highest BCUT2D eigenvalue weighted by molar-refractivity contribution is 5.82. The minimum atomic E-state index is -0.449. The molecule has 1 amide bonds. The number of amides is 1. The van der Waals surface area contributed by atoms with E-state index in [2.05, 4.69) is 4.90 Å². The Morgan fingerprint density at radius 2 is 1.80 bits per heavy atom. The Morgan fingerprint density at radius 1 is 1.12 bits per heavy atom. The molecule has 2 heterocycles. The topological polar surface area (TPSA) is 58.8 Å². The lowest BCUT2D eigenvalue weighted by Crippen LogP contribution is -2.49. The Bertz CT molecular complexity index is 523. The molecule has 1 atom stereocenters. The molecule has 0 saturated carbocycles. The first-order valence-electron chi connectivity index (χ1n) is 9.64. The molecule has 3 rings (SSSR count). The van der Waals surface area contributed by atoms with Crippen molar-refractivity contribution >= 4 is 5.91 Å². The number of ether oxygens (including phenoxy) is 1. The summed E-state index contributed by atoms with van der Waals surface area (Å²) in [7, 11) is 0. The molecule has 1 unspecified atom stereocenters. The maximum absolute atomic E-state index is 12.6. The van der Waals surface area contributed by atoms with Gasteiger partial charge in [-0.15, -0.1) is 0 Å². The van der Waals surface area contributed by atoms with Crippen LogP contribution in [0.15, 0.2) is 30.3 Å². The molecule has 0 bridgehead atoms. The molecule has 2 aliphatic rings. The zero-order chi connectivity index (χ0) is 17.5. The van der Waals surface area contributed by atoms with E-state index in [4.69, 9.17) is 10.5 Å². The fourth-order valence-corrected chi connectivity index (χ4v) is 3.79. The summed E-state index contributed by atoms with van der Waals surface area (Å²) in [5, 5.41) is 0. The van der Waals surface area contributed by atoms with Gasteiger partial charge in [0.15, 0.2) is 0 Å². The molecule has 0 aliphatic carbocycles. The van der Waals surface area contributed by atoms with Gasteiger partial charge in [0, 0.05) is 19.6 Å². The summed E-state index contributed by atoms with van der Waals surface area (Å²) >= 11 is 0. The number of piperidine rings is 1. The molecule has 1 aromatic rings. The van der Waals surface area contributed by atoms with E-state index in [9.17, 15) is 4.79 Å². The summed E-state index contributed by atoms with van der Waals surface area (Å²) in [4.78, 5) is 16.9. The highest BCUT2D eigenvalue weighted by Gasteiger charge is 2.26. The first-order chi connectivity index (χ1) is 12.2. The van der Waals surface area contributed by atoms with Crippen LogP contribution in [0.25, 0.3) is 0 Å². The largest absolute Gasteiger partial charge is 0.377 e. The molecule has 5 heteroatoms. The van der Waals surface area contributed by atoms with Crippen LogP contribution in [0.5, 0.6) is 0 Å². The Kier molecular flexibility index (Phi) is 6.84. The van der Waals surface area contributed by atoms with E-state index in [1.165, 1.54) is 25.9 Å². The smallest absolute Gasteiger partial charge is 0.239 e. The predicted molar refractivity (Wildman–Crippen MR) is 99.3 cm³/mol. The van der Waals surface area contributed by atoms with Crippen molar-refractivity contribution in [3.05, 3.63) is 35.9 Å². The van der Waals surface area contributed by atoms with E-state index in [0.717, 1.165) is 44.6 Å². The summed E-state index contributed by atoms with van der Waals surface area (Å²) in [6.45, 7) is 5.81. The molecule has 0 radical (unpaired) electrons. The van der Waals surface area contributed by atoms with Crippen molar-refractivity contribution in [2.45, 2.75) is 44.2 Å². The quantitative estimate of drug-likeness (QED) is 0.816. The normalized spacial score (nSPS) is 20.8. The number of hydrogen-bond donors (Lipinski definition) is 1. The van der Waals surface area contributed by atoms with Crippen LogP contribution in [-0.4, -0.2) is 67.2 Å². The highest BCUT2D eigenvalue weighted by Crippen LogP contribution is 2.16. The number of carbonyl (C=O) groups is 1. The molecule has 25 heavy (non-hydrogen) atoms. The second-order valence-corrected chi connectivity index (χ2v) is 7.24. The SMILES string of the molecule is NC(Cc1ccccc1)C(=O)N1CCC(OCCN2CCCC2)CC1. The molecule has 2 fully saturated rings. The molecule has 5 nitrogen and oxygen atoms in total. The maximum atomic E-state index is 12.6. The number of carbonyl (C=O) groups excluding carboxylic acids is 1. The van der Waals surface area contributed by atoms with Crippen molar-refractivity contribution in [2.24, 2.45) is 5.73 Å². The minimum Gasteiger partial charge on any atom is -0.377 e. The third-order valence-corrected chi connectivity index (χ3v) is 5.33. The Balaban J connectivity index is 1.35. The van der Waals surface area contributed by atoms with Gasteiger partial charge >= 0.3 is 0 Å². The van der Waals surface area contributed by atoms with E-state index in [0.29, 0.717) is 6.42 Å². The molecule has 2 N–H and O–H groups in total. The molecule has 0 aromatic heterocycles. The van der Waals surface area contributed by atoms with Gasteiger partial charge in [0.2, 0.25) is 5.91 Å². The zero-order valence-electron chi connectivity index (χ0n) is 15.1. The third kappa shape index (κ3) is 5.53. The van der Waals surface area contributed by atoms with Crippen LogP contribution >= 0.6 is 0 Å². The van der Waals surface area contributed by atoms with Crippen LogP contribution in [0.1, 0.15) is 31.2 Å². The average molecular weight is 345 g/mol. The van der Waals surface area contributed by atoms with E-state index < -0.39 is 6.04 Å². The molecule has 0 spiro atoms. The fourth-order valence-electron chi connectivity index (χ4n) is 3.79. The highest BCUT2D eigenvalue weighted by atomic mass is 16.5. The molecule has 138 valence electrons. The average Bonchev–Trinajstić information content (AvgIpc) is 3.16. The Hall–Kier alpha value is -1.43. The Labute approximate surface area is 151 Å². The third-order valence-electron chi connectivity index (χ3n) is 5.33.